The zero-order valence-corrected chi connectivity index (χ0v) is 48.0. The quantitative estimate of drug-likeness (QED) is 0.0215. The molecule has 0 aromatic rings. The molecule has 0 spiro atoms. The van der Waals surface area contributed by atoms with Gasteiger partial charge in [-0.25, -0.2) is 0 Å². The predicted molar refractivity (Wildman–Crippen MR) is 311 cm³/mol. The standard InChI is InChI=1S/C64H117NO10/c1-3-5-7-9-11-13-15-17-19-21-23-25-27-29-31-33-35-37-39-41-43-45-47-49-51-56(67)59(69)55(54-74-64-62(72)61(71)60(70)58(53-66)75-64)65-63(73)57(68)52-50-48-46-44-42-40-38-36-34-32-30-28-26-24-22-20-18-16-14-12-10-8-6-4-2/h24,26-27,29-30,32,35,37,43,45,55-62,64,66-72H,3-23,25,28,31,33-34,36,38-42,44,46-54H2,1-2H3,(H,65,73)/b26-24-,29-27+,32-30-,37-35+,45-43+. The molecule has 0 bridgehead atoms. The molecule has 1 amide bonds. The minimum absolute atomic E-state index is 0.238. The van der Waals surface area contributed by atoms with Crippen LogP contribution in [0.1, 0.15) is 271 Å². The topological polar surface area (TPSA) is 189 Å². The van der Waals surface area contributed by atoms with Gasteiger partial charge in [-0.05, 0) is 96.3 Å². The molecule has 1 aliphatic rings. The lowest BCUT2D eigenvalue weighted by atomic mass is 9.98. The van der Waals surface area contributed by atoms with Crippen molar-refractivity contribution in [3.63, 3.8) is 0 Å². The van der Waals surface area contributed by atoms with E-state index in [9.17, 15) is 40.5 Å². The summed E-state index contributed by atoms with van der Waals surface area (Å²) in [5.41, 5.74) is 0. The SMILES string of the molecule is CCCCCCCCCCC/C=C\C/C=C\CCCCCCCCCCC(O)C(=O)NC(COC1OC(CO)C(O)C(O)C1O)C(O)C(O)CCC/C=C/CC/C=C/CC/C=C/CCCCCCCCCCCCC. The third-order valence-electron chi connectivity index (χ3n) is 14.7. The molecule has 8 N–H and O–H groups in total. The largest absolute Gasteiger partial charge is 0.394 e. The third kappa shape index (κ3) is 40.6. The molecule has 1 saturated heterocycles. The summed E-state index contributed by atoms with van der Waals surface area (Å²) in [5, 5.41) is 76.2. The molecule has 438 valence electrons. The van der Waals surface area contributed by atoms with Crippen LogP contribution in [-0.2, 0) is 14.3 Å². The highest BCUT2D eigenvalue weighted by atomic mass is 16.7. The first-order valence-electron chi connectivity index (χ1n) is 31.2. The van der Waals surface area contributed by atoms with Gasteiger partial charge in [0.1, 0.15) is 36.6 Å². The molecule has 1 fully saturated rings. The molecule has 1 aliphatic heterocycles. The highest BCUT2D eigenvalue weighted by Gasteiger charge is 2.44. The first-order chi connectivity index (χ1) is 36.7. The lowest BCUT2D eigenvalue weighted by Gasteiger charge is -2.40. The molecular weight excluding hydrogens is 943 g/mol. The second kappa shape index (κ2) is 52.5. The Morgan fingerprint density at radius 3 is 1.27 bits per heavy atom. The summed E-state index contributed by atoms with van der Waals surface area (Å²) in [6.07, 6.45) is 57.1. The van der Waals surface area contributed by atoms with Crippen molar-refractivity contribution in [1.29, 1.82) is 0 Å². The molecule has 9 atom stereocenters. The smallest absolute Gasteiger partial charge is 0.249 e. The summed E-state index contributed by atoms with van der Waals surface area (Å²) in [7, 11) is 0. The van der Waals surface area contributed by atoms with Gasteiger partial charge in [-0.2, -0.15) is 0 Å². The lowest BCUT2D eigenvalue weighted by Crippen LogP contribution is -2.60. The maximum atomic E-state index is 13.2. The maximum Gasteiger partial charge on any atom is 0.249 e. The van der Waals surface area contributed by atoms with Crippen LogP contribution in [-0.4, -0.2) is 110 Å². The Kier molecular flexibility index (Phi) is 49.6. The van der Waals surface area contributed by atoms with Crippen molar-refractivity contribution in [1.82, 2.24) is 5.32 Å². The number of nitrogens with one attached hydrogen (secondary N) is 1. The Morgan fingerprint density at radius 2 is 0.840 bits per heavy atom. The van der Waals surface area contributed by atoms with Crippen molar-refractivity contribution in [2.24, 2.45) is 0 Å². The van der Waals surface area contributed by atoms with Crippen LogP contribution < -0.4 is 5.32 Å². The average molecular weight is 1060 g/mol. The number of hydrogen-bond donors (Lipinski definition) is 8. The summed E-state index contributed by atoms with van der Waals surface area (Å²) >= 11 is 0. The number of hydrogen-bond acceptors (Lipinski definition) is 10. The van der Waals surface area contributed by atoms with Gasteiger partial charge in [0.2, 0.25) is 5.91 Å². The minimum atomic E-state index is -1.68. The van der Waals surface area contributed by atoms with E-state index in [-0.39, 0.29) is 12.8 Å². The Morgan fingerprint density at radius 1 is 0.467 bits per heavy atom. The molecule has 9 unspecified atom stereocenters. The van der Waals surface area contributed by atoms with E-state index in [0.717, 1.165) is 64.2 Å². The first-order valence-corrected chi connectivity index (χ1v) is 31.2. The van der Waals surface area contributed by atoms with Gasteiger partial charge in [-0.3, -0.25) is 4.79 Å². The zero-order valence-electron chi connectivity index (χ0n) is 48.0. The van der Waals surface area contributed by atoms with Crippen molar-refractivity contribution >= 4 is 5.91 Å². The summed E-state index contributed by atoms with van der Waals surface area (Å²) < 4.78 is 11.1. The van der Waals surface area contributed by atoms with Gasteiger partial charge >= 0.3 is 0 Å². The molecular formula is C64H117NO10. The number of aliphatic hydroxyl groups excluding tert-OH is 7. The zero-order chi connectivity index (χ0) is 54.7. The van der Waals surface area contributed by atoms with Crippen LogP contribution in [0.5, 0.6) is 0 Å². The molecule has 1 rings (SSSR count). The summed E-state index contributed by atoms with van der Waals surface area (Å²) in [5.74, 6) is -0.717. The van der Waals surface area contributed by atoms with Crippen LogP contribution in [0.3, 0.4) is 0 Å². The van der Waals surface area contributed by atoms with Crippen LogP contribution in [0, 0.1) is 0 Å². The molecule has 11 heteroatoms. The van der Waals surface area contributed by atoms with Crippen LogP contribution in [0.2, 0.25) is 0 Å². The van der Waals surface area contributed by atoms with Crippen molar-refractivity contribution < 1.29 is 50.0 Å². The van der Waals surface area contributed by atoms with E-state index in [2.05, 4.69) is 79.9 Å². The average Bonchev–Trinajstić information content (AvgIpc) is 3.41. The van der Waals surface area contributed by atoms with Gasteiger partial charge in [0.05, 0.1) is 25.4 Å². The monoisotopic (exact) mass is 1060 g/mol. The van der Waals surface area contributed by atoms with E-state index in [1.807, 2.05) is 0 Å². The van der Waals surface area contributed by atoms with E-state index in [0.29, 0.717) is 19.3 Å². The Labute approximate surface area is 459 Å². The number of aliphatic hydroxyl groups is 7. The molecule has 0 aliphatic carbocycles. The fourth-order valence-electron chi connectivity index (χ4n) is 9.68. The Balaban J connectivity index is 2.33. The highest BCUT2D eigenvalue weighted by Crippen LogP contribution is 2.23. The van der Waals surface area contributed by atoms with Gasteiger partial charge in [-0.1, -0.05) is 235 Å². The molecule has 11 nitrogen and oxygen atoms in total. The van der Waals surface area contributed by atoms with Crippen molar-refractivity contribution in [3.8, 4) is 0 Å². The predicted octanol–water partition coefficient (Wildman–Crippen LogP) is 13.8. The van der Waals surface area contributed by atoms with Crippen LogP contribution in [0.25, 0.3) is 0 Å². The highest BCUT2D eigenvalue weighted by molar-refractivity contribution is 5.80. The fraction of sp³-hybridized carbons (Fsp3) is 0.828. The molecule has 1 heterocycles. The molecule has 75 heavy (non-hydrogen) atoms. The molecule has 0 aromatic heterocycles. The fourth-order valence-corrected chi connectivity index (χ4v) is 9.68. The van der Waals surface area contributed by atoms with Gasteiger partial charge in [0.25, 0.3) is 0 Å². The number of amides is 1. The van der Waals surface area contributed by atoms with E-state index in [4.69, 9.17) is 9.47 Å². The first kappa shape index (κ1) is 70.8. The lowest BCUT2D eigenvalue weighted by molar-refractivity contribution is -0.303. The summed E-state index contributed by atoms with van der Waals surface area (Å²) in [6.45, 7) is 3.45. The van der Waals surface area contributed by atoms with Crippen LogP contribution in [0.4, 0.5) is 0 Å². The van der Waals surface area contributed by atoms with Crippen LogP contribution in [0.15, 0.2) is 60.8 Å². The number of unbranched alkanes of at least 4 members (excludes halogenated alkanes) is 31. The van der Waals surface area contributed by atoms with Gasteiger partial charge in [0, 0.05) is 0 Å². The summed E-state index contributed by atoms with van der Waals surface area (Å²) in [4.78, 5) is 13.2. The number of carbonyl (C=O) groups is 1. The van der Waals surface area contributed by atoms with E-state index >= 15 is 0 Å². The number of rotatable bonds is 53. The van der Waals surface area contributed by atoms with Crippen molar-refractivity contribution in [2.45, 2.75) is 326 Å². The summed E-state index contributed by atoms with van der Waals surface area (Å²) in [6, 6.07) is -1.20. The maximum absolute atomic E-state index is 13.2. The third-order valence-corrected chi connectivity index (χ3v) is 14.7. The van der Waals surface area contributed by atoms with E-state index in [1.54, 1.807) is 0 Å². The minimum Gasteiger partial charge on any atom is -0.394 e. The Hall–Kier alpha value is -2.19. The van der Waals surface area contributed by atoms with Gasteiger partial charge in [0.15, 0.2) is 6.29 Å². The molecule has 0 radical (unpaired) electrons. The van der Waals surface area contributed by atoms with E-state index in [1.165, 1.54) is 161 Å². The molecule has 0 saturated carbocycles. The Bertz CT molecular complexity index is 1400. The van der Waals surface area contributed by atoms with Crippen LogP contribution >= 0.6 is 0 Å². The second-order valence-electron chi connectivity index (χ2n) is 21.7. The normalized spacial score (nSPS) is 20.1. The second-order valence-corrected chi connectivity index (χ2v) is 21.7. The van der Waals surface area contributed by atoms with Crippen molar-refractivity contribution in [2.75, 3.05) is 13.2 Å². The molecule has 0 aromatic carbocycles. The van der Waals surface area contributed by atoms with Crippen molar-refractivity contribution in [3.05, 3.63) is 60.8 Å². The van der Waals surface area contributed by atoms with Gasteiger partial charge < -0.3 is 50.5 Å². The number of carbonyl (C=O) groups excluding carboxylic acids is 1. The number of ether oxygens (including phenoxy) is 2. The van der Waals surface area contributed by atoms with Gasteiger partial charge in [-0.15, -0.1) is 0 Å². The van der Waals surface area contributed by atoms with E-state index < -0.39 is 74.2 Å². The number of allylic oxidation sites excluding steroid dienone is 10.